The largest absolute Gasteiger partial charge is 0.481 e. The highest BCUT2D eigenvalue weighted by Gasteiger charge is 2.23. The number of fused-ring (bicyclic) bond motifs is 2. The standard InChI is InChI=1S/C21H23N5O4/c1-13-15(19(29-2)24-21(22-13)30-3)12-18(27)25-9-8-17-23-16-7-5-4-6-14(16)20(28)26(17)11-10-25/h4-7H,8-12H2,1-3H3. The van der Waals surface area contributed by atoms with E-state index in [0.29, 0.717) is 59.9 Å². The van der Waals surface area contributed by atoms with Crippen molar-refractivity contribution in [1.29, 1.82) is 0 Å². The highest BCUT2D eigenvalue weighted by molar-refractivity contribution is 5.80. The van der Waals surface area contributed by atoms with Crippen LogP contribution in [0.2, 0.25) is 0 Å². The first-order chi connectivity index (χ1) is 14.5. The van der Waals surface area contributed by atoms with E-state index >= 15 is 0 Å². The zero-order valence-electron chi connectivity index (χ0n) is 17.2. The third-order valence-corrected chi connectivity index (χ3v) is 5.35. The minimum atomic E-state index is -0.0735. The fourth-order valence-corrected chi connectivity index (χ4v) is 3.72. The van der Waals surface area contributed by atoms with Gasteiger partial charge in [0.25, 0.3) is 5.56 Å². The van der Waals surface area contributed by atoms with E-state index in [9.17, 15) is 9.59 Å². The summed E-state index contributed by atoms with van der Waals surface area (Å²) in [6.07, 6.45) is 0.626. The summed E-state index contributed by atoms with van der Waals surface area (Å²) in [6.45, 7) is 3.13. The van der Waals surface area contributed by atoms with Crippen LogP contribution in [0.1, 0.15) is 17.1 Å². The Balaban J connectivity index is 1.57. The summed E-state index contributed by atoms with van der Waals surface area (Å²) in [5, 5.41) is 0.594. The van der Waals surface area contributed by atoms with Gasteiger partial charge in [-0.1, -0.05) is 12.1 Å². The molecule has 3 heterocycles. The molecule has 0 saturated heterocycles. The predicted molar refractivity (Wildman–Crippen MR) is 110 cm³/mol. The van der Waals surface area contributed by atoms with E-state index in [0.717, 1.165) is 0 Å². The molecule has 0 aliphatic carbocycles. The molecule has 0 N–H and O–H groups in total. The van der Waals surface area contributed by atoms with E-state index in [2.05, 4.69) is 15.0 Å². The van der Waals surface area contributed by atoms with Crippen LogP contribution in [0.4, 0.5) is 0 Å². The molecule has 30 heavy (non-hydrogen) atoms. The fourth-order valence-electron chi connectivity index (χ4n) is 3.72. The molecular weight excluding hydrogens is 386 g/mol. The zero-order valence-corrected chi connectivity index (χ0v) is 17.2. The minimum Gasteiger partial charge on any atom is -0.481 e. The van der Waals surface area contributed by atoms with E-state index in [-0.39, 0.29) is 23.9 Å². The summed E-state index contributed by atoms with van der Waals surface area (Å²) in [4.78, 5) is 40.7. The number of hydrogen-bond donors (Lipinski definition) is 0. The molecule has 0 fully saturated rings. The summed E-state index contributed by atoms with van der Waals surface area (Å²) >= 11 is 0. The third-order valence-electron chi connectivity index (χ3n) is 5.35. The quantitative estimate of drug-likeness (QED) is 0.637. The Bertz CT molecular complexity index is 1170. The van der Waals surface area contributed by atoms with Gasteiger partial charge in [0.05, 0.1) is 37.2 Å². The minimum absolute atomic E-state index is 0.0639. The van der Waals surface area contributed by atoms with E-state index in [1.165, 1.54) is 14.2 Å². The molecule has 9 nitrogen and oxygen atoms in total. The Hall–Kier alpha value is -3.49. The second-order valence-corrected chi connectivity index (χ2v) is 7.09. The molecule has 0 atom stereocenters. The fraction of sp³-hybridized carbons (Fsp3) is 0.381. The number of ether oxygens (including phenoxy) is 2. The van der Waals surface area contributed by atoms with Crippen LogP contribution in [-0.4, -0.2) is 57.6 Å². The summed E-state index contributed by atoms with van der Waals surface area (Å²) in [7, 11) is 2.98. The maximum absolute atomic E-state index is 13.0. The first-order valence-corrected chi connectivity index (χ1v) is 9.73. The van der Waals surface area contributed by atoms with Gasteiger partial charge in [0, 0.05) is 31.6 Å². The number of nitrogens with zero attached hydrogens (tertiary/aromatic N) is 5. The molecule has 0 saturated carbocycles. The average Bonchev–Trinajstić information content (AvgIpc) is 2.98. The van der Waals surface area contributed by atoms with Gasteiger partial charge in [0.1, 0.15) is 5.82 Å². The van der Waals surface area contributed by atoms with Crippen molar-refractivity contribution in [3.05, 3.63) is 51.7 Å². The van der Waals surface area contributed by atoms with Crippen LogP contribution in [0.15, 0.2) is 29.1 Å². The lowest BCUT2D eigenvalue weighted by Crippen LogP contribution is -2.35. The third kappa shape index (κ3) is 3.58. The zero-order chi connectivity index (χ0) is 21.3. The summed E-state index contributed by atoms with van der Waals surface area (Å²) in [5.74, 6) is 0.959. The number of methoxy groups -OCH3 is 2. The normalized spacial score (nSPS) is 13.6. The summed E-state index contributed by atoms with van der Waals surface area (Å²) < 4.78 is 12.1. The molecule has 1 aliphatic rings. The van der Waals surface area contributed by atoms with Crippen LogP contribution in [0, 0.1) is 6.92 Å². The van der Waals surface area contributed by atoms with Crippen molar-refractivity contribution >= 4 is 16.8 Å². The predicted octanol–water partition coefficient (Wildman–Crippen LogP) is 1.14. The van der Waals surface area contributed by atoms with Gasteiger partial charge in [-0.05, 0) is 19.1 Å². The lowest BCUT2D eigenvalue weighted by Gasteiger charge is -2.21. The molecular formula is C21H23N5O4. The number of rotatable bonds is 4. The van der Waals surface area contributed by atoms with Crippen LogP contribution in [-0.2, 0) is 24.2 Å². The van der Waals surface area contributed by atoms with Crippen LogP contribution < -0.4 is 15.0 Å². The van der Waals surface area contributed by atoms with Crippen molar-refractivity contribution in [2.75, 3.05) is 27.3 Å². The van der Waals surface area contributed by atoms with Gasteiger partial charge in [-0.3, -0.25) is 14.2 Å². The number of benzene rings is 1. The number of carbonyl (C=O) groups excluding carboxylic acids is 1. The Labute approximate surface area is 173 Å². The van der Waals surface area contributed by atoms with E-state index in [4.69, 9.17) is 9.47 Å². The Morgan fingerprint density at radius 3 is 2.63 bits per heavy atom. The molecule has 0 unspecified atom stereocenters. The molecule has 4 rings (SSSR count). The van der Waals surface area contributed by atoms with E-state index in [1.54, 1.807) is 22.5 Å². The maximum Gasteiger partial charge on any atom is 0.319 e. The smallest absolute Gasteiger partial charge is 0.319 e. The summed E-state index contributed by atoms with van der Waals surface area (Å²) in [5.41, 5.74) is 1.88. The van der Waals surface area contributed by atoms with Crippen molar-refractivity contribution in [2.24, 2.45) is 0 Å². The number of hydrogen-bond acceptors (Lipinski definition) is 7. The van der Waals surface area contributed by atoms with E-state index in [1.807, 2.05) is 18.2 Å². The highest BCUT2D eigenvalue weighted by atomic mass is 16.5. The molecule has 156 valence electrons. The molecule has 0 radical (unpaired) electrons. The van der Waals surface area contributed by atoms with Gasteiger partial charge >= 0.3 is 6.01 Å². The number of para-hydroxylation sites is 1. The van der Waals surface area contributed by atoms with Crippen LogP contribution in [0.3, 0.4) is 0 Å². The lowest BCUT2D eigenvalue weighted by molar-refractivity contribution is -0.130. The first-order valence-electron chi connectivity index (χ1n) is 9.73. The van der Waals surface area contributed by atoms with E-state index < -0.39 is 0 Å². The number of carbonyl (C=O) groups is 1. The lowest BCUT2D eigenvalue weighted by atomic mass is 10.1. The van der Waals surface area contributed by atoms with Gasteiger partial charge in [-0.2, -0.15) is 4.98 Å². The Morgan fingerprint density at radius 1 is 1.07 bits per heavy atom. The molecule has 1 amide bonds. The van der Waals surface area contributed by atoms with Gasteiger partial charge in [0.15, 0.2) is 0 Å². The van der Waals surface area contributed by atoms with Crippen molar-refractivity contribution in [3.63, 3.8) is 0 Å². The topological polar surface area (TPSA) is 99.4 Å². The molecule has 3 aromatic rings. The number of aryl methyl sites for hydroxylation is 1. The number of aromatic nitrogens is 4. The van der Waals surface area contributed by atoms with Crippen molar-refractivity contribution in [1.82, 2.24) is 24.4 Å². The molecule has 1 aromatic carbocycles. The molecule has 2 aromatic heterocycles. The average molecular weight is 409 g/mol. The van der Waals surface area contributed by atoms with Gasteiger partial charge in [-0.15, -0.1) is 0 Å². The van der Waals surface area contributed by atoms with Gasteiger partial charge in [0.2, 0.25) is 11.8 Å². The second kappa shape index (κ2) is 8.10. The summed E-state index contributed by atoms with van der Waals surface area (Å²) in [6, 6.07) is 7.51. The van der Waals surface area contributed by atoms with Crippen LogP contribution >= 0.6 is 0 Å². The van der Waals surface area contributed by atoms with Crippen molar-refractivity contribution < 1.29 is 14.3 Å². The van der Waals surface area contributed by atoms with Gasteiger partial charge in [-0.25, -0.2) is 9.97 Å². The number of amides is 1. The molecule has 0 bridgehead atoms. The monoisotopic (exact) mass is 409 g/mol. The molecule has 9 heteroatoms. The van der Waals surface area contributed by atoms with Crippen molar-refractivity contribution in [3.8, 4) is 11.9 Å². The molecule has 0 spiro atoms. The van der Waals surface area contributed by atoms with Gasteiger partial charge < -0.3 is 14.4 Å². The Kier molecular flexibility index (Phi) is 5.35. The van der Waals surface area contributed by atoms with Crippen LogP contribution in [0.5, 0.6) is 11.9 Å². The van der Waals surface area contributed by atoms with Crippen molar-refractivity contribution in [2.45, 2.75) is 26.3 Å². The Morgan fingerprint density at radius 2 is 1.87 bits per heavy atom. The highest BCUT2D eigenvalue weighted by Crippen LogP contribution is 2.23. The van der Waals surface area contributed by atoms with Crippen LogP contribution in [0.25, 0.3) is 10.9 Å². The molecule has 1 aliphatic heterocycles. The SMILES string of the molecule is COc1nc(C)c(CC(=O)N2CCc3nc4ccccc4c(=O)n3CC2)c(OC)n1. The maximum atomic E-state index is 13.0. The second-order valence-electron chi connectivity index (χ2n) is 7.09. The first kappa shape index (κ1) is 19.8.